The first kappa shape index (κ1) is 12.0. The highest BCUT2D eigenvalue weighted by Gasteiger charge is 2.43. The van der Waals surface area contributed by atoms with E-state index in [4.69, 9.17) is 9.47 Å². The van der Waals surface area contributed by atoms with Gasteiger partial charge in [0.2, 0.25) is 0 Å². The Hall–Kier alpha value is 0.880. The summed E-state index contributed by atoms with van der Waals surface area (Å²) in [6, 6.07) is 0. The predicted octanol–water partition coefficient (Wildman–Crippen LogP) is 2.93. The number of alkyl halides is 2. The molecule has 1 rings (SSSR count). The first-order valence-corrected chi connectivity index (χ1v) is 6.43. The van der Waals surface area contributed by atoms with Gasteiger partial charge in [0.05, 0.1) is 23.4 Å². The fourth-order valence-electron chi connectivity index (χ4n) is 1.13. The standard InChI is InChI=1S/C9H16Br2O2/c1-7(11)9(4-10)12-5-8(2,3)6-13-9/h7H,4-6H2,1-3H3. The minimum Gasteiger partial charge on any atom is -0.347 e. The quantitative estimate of drug-likeness (QED) is 0.729. The zero-order valence-corrected chi connectivity index (χ0v) is 11.4. The average molecular weight is 316 g/mol. The molecule has 1 saturated heterocycles. The summed E-state index contributed by atoms with van der Waals surface area (Å²) in [5, 5.41) is 0.697. The Labute approximate surface area is 96.6 Å². The van der Waals surface area contributed by atoms with Gasteiger partial charge in [0, 0.05) is 5.41 Å². The maximum atomic E-state index is 5.78. The average Bonchev–Trinajstić information content (AvgIpc) is 2.05. The van der Waals surface area contributed by atoms with Gasteiger partial charge in [-0.2, -0.15) is 0 Å². The number of hydrogen-bond acceptors (Lipinski definition) is 2. The lowest BCUT2D eigenvalue weighted by Crippen LogP contribution is -2.53. The molecule has 0 radical (unpaired) electrons. The number of ether oxygens (including phenoxy) is 2. The zero-order valence-electron chi connectivity index (χ0n) is 8.27. The van der Waals surface area contributed by atoms with Crippen LogP contribution < -0.4 is 0 Å². The van der Waals surface area contributed by atoms with Crippen molar-refractivity contribution in [1.29, 1.82) is 0 Å². The van der Waals surface area contributed by atoms with E-state index in [1.807, 2.05) is 6.92 Å². The van der Waals surface area contributed by atoms with E-state index in [0.717, 1.165) is 13.2 Å². The molecule has 0 aromatic heterocycles. The van der Waals surface area contributed by atoms with E-state index in [2.05, 4.69) is 45.7 Å². The van der Waals surface area contributed by atoms with Crippen LogP contribution in [0.5, 0.6) is 0 Å². The van der Waals surface area contributed by atoms with E-state index >= 15 is 0 Å². The molecule has 0 N–H and O–H groups in total. The monoisotopic (exact) mass is 314 g/mol. The summed E-state index contributed by atoms with van der Waals surface area (Å²) in [4.78, 5) is 0.190. The van der Waals surface area contributed by atoms with Gasteiger partial charge in [0.1, 0.15) is 0 Å². The van der Waals surface area contributed by atoms with Crippen molar-refractivity contribution in [2.24, 2.45) is 5.41 Å². The normalized spacial score (nSPS) is 28.4. The van der Waals surface area contributed by atoms with E-state index in [9.17, 15) is 0 Å². The van der Waals surface area contributed by atoms with Crippen LogP contribution in [0.4, 0.5) is 0 Å². The molecule has 0 amide bonds. The van der Waals surface area contributed by atoms with E-state index < -0.39 is 5.79 Å². The predicted molar refractivity (Wildman–Crippen MR) is 60.6 cm³/mol. The first-order valence-electron chi connectivity index (χ1n) is 4.40. The molecular weight excluding hydrogens is 300 g/mol. The van der Waals surface area contributed by atoms with Gasteiger partial charge >= 0.3 is 0 Å². The number of halogens is 2. The molecule has 2 nitrogen and oxygen atoms in total. The van der Waals surface area contributed by atoms with Crippen LogP contribution >= 0.6 is 31.9 Å². The molecule has 78 valence electrons. The summed E-state index contributed by atoms with van der Waals surface area (Å²) < 4.78 is 11.6. The van der Waals surface area contributed by atoms with Crippen molar-refractivity contribution in [3.63, 3.8) is 0 Å². The molecule has 0 aromatic carbocycles. The second-order valence-electron chi connectivity index (χ2n) is 4.30. The lowest BCUT2D eigenvalue weighted by molar-refractivity contribution is -0.282. The Kier molecular flexibility index (Phi) is 3.83. The van der Waals surface area contributed by atoms with Gasteiger partial charge in [0.25, 0.3) is 0 Å². The Morgan fingerprint density at radius 3 is 2.08 bits per heavy atom. The molecule has 1 aliphatic heterocycles. The highest BCUT2D eigenvalue weighted by atomic mass is 79.9. The number of hydrogen-bond donors (Lipinski definition) is 0. The smallest absolute Gasteiger partial charge is 0.190 e. The maximum Gasteiger partial charge on any atom is 0.190 e. The fraction of sp³-hybridized carbons (Fsp3) is 1.00. The molecule has 13 heavy (non-hydrogen) atoms. The summed E-state index contributed by atoms with van der Waals surface area (Å²) in [5.74, 6) is -0.491. The molecule has 0 aliphatic carbocycles. The van der Waals surface area contributed by atoms with Crippen LogP contribution in [0.2, 0.25) is 0 Å². The van der Waals surface area contributed by atoms with Crippen LogP contribution in [-0.2, 0) is 9.47 Å². The van der Waals surface area contributed by atoms with E-state index in [-0.39, 0.29) is 10.2 Å². The summed E-state index contributed by atoms with van der Waals surface area (Å²) in [5.41, 5.74) is 0.133. The summed E-state index contributed by atoms with van der Waals surface area (Å²) >= 11 is 6.94. The third-order valence-electron chi connectivity index (χ3n) is 2.21. The van der Waals surface area contributed by atoms with Crippen LogP contribution in [0.25, 0.3) is 0 Å². The topological polar surface area (TPSA) is 18.5 Å². The lowest BCUT2D eigenvalue weighted by atomic mass is 9.94. The highest BCUT2D eigenvalue weighted by molar-refractivity contribution is 9.10. The third-order valence-corrected chi connectivity index (χ3v) is 3.69. The van der Waals surface area contributed by atoms with Crippen LogP contribution in [-0.4, -0.2) is 29.2 Å². The minimum atomic E-state index is -0.491. The molecule has 0 bridgehead atoms. The van der Waals surface area contributed by atoms with E-state index in [0.29, 0.717) is 5.33 Å². The van der Waals surface area contributed by atoms with Crippen molar-refractivity contribution >= 4 is 31.9 Å². The lowest BCUT2D eigenvalue weighted by Gasteiger charge is -2.44. The van der Waals surface area contributed by atoms with Crippen LogP contribution in [0.1, 0.15) is 20.8 Å². The zero-order chi connectivity index (χ0) is 10.1. The Morgan fingerprint density at radius 2 is 1.77 bits per heavy atom. The van der Waals surface area contributed by atoms with Crippen molar-refractivity contribution in [2.75, 3.05) is 18.5 Å². The SMILES string of the molecule is CC(Br)C1(CBr)OCC(C)(C)CO1. The molecule has 0 aromatic rings. The van der Waals surface area contributed by atoms with Gasteiger partial charge in [-0.3, -0.25) is 0 Å². The maximum absolute atomic E-state index is 5.78. The Balaban J connectivity index is 2.63. The molecule has 0 saturated carbocycles. The van der Waals surface area contributed by atoms with Gasteiger partial charge < -0.3 is 9.47 Å². The van der Waals surface area contributed by atoms with E-state index in [1.165, 1.54) is 0 Å². The first-order chi connectivity index (χ1) is 5.92. The molecule has 1 atom stereocenters. The summed E-state index contributed by atoms with van der Waals surface area (Å²) in [6.07, 6.45) is 0. The van der Waals surface area contributed by atoms with Crippen molar-refractivity contribution < 1.29 is 9.47 Å². The van der Waals surface area contributed by atoms with Gasteiger partial charge in [-0.15, -0.1) is 0 Å². The second kappa shape index (κ2) is 4.17. The van der Waals surface area contributed by atoms with Gasteiger partial charge in [0.15, 0.2) is 5.79 Å². The largest absolute Gasteiger partial charge is 0.347 e. The van der Waals surface area contributed by atoms with Gasteiger partial charge in [-0.05, 0) is 6.92 Å². The Bertz CT molecular complexity index is 170. The molecule has 4 heteroatoms. The molecular formula is C9H16Br2O2. The number of rotatable bonds is 2. The van der Waals surface area contributed by atoms with Crippen molar-refractivity contribution in [3.8, 4) is 0 Å². The van der Waals surface area contributed by atoms with E-state index in [1.54, 1.807) is 0 Å². The fourth-order valence-corrected chi connectivity index (χ4v) is 2.80. The van der Waals surface area contributed by atoms with Crippen molar-refractivity contribution in [2.45, 2.75) is 31.4 Å². The summed E-state index contributed by atoms with van der Waals surface area (Å²) in [7, 11) is 0. The second-order valence-corrected chi connectivity index (χ2v) is 6.24. The molecule has 1 fully saturated rings. The summed E-state index contributed by atoms with van der Waals surface area (Å²) in [6.45, 7) is 7.82. The molecule has 1 heterocycles. The van der Waals surface area contributed by atoms with Gasteiger partial charge in [-0.25, -0.2) is 0 Å². The Morgan fingerprint density at radius 1 is 1.31 bits per heavy atom. The molecule has 1 aliphatic rings. The highest BCUT2D eigenvalue weighted by Crippen LogP contribution is 2.35. The molecule has 0 spiro atoms. The third kappa shape index (κ3) is 2.67. The van der Waals surface area contributed by atoms with Crippen LogP contribution in [0, 0.1) is 5.41 Å². The van der Waals surface area contributed by atoms with Crippen molar-refractivity contribution in [1.82, 2.24) is 0 Å². The van der Waals surface area contributed by atoms with Crippen LogP contribution in [0.3, 0.4) is 0 Å². The van der Waals surface area contributed by atoms with Crippen molar-refractivity contribution in [3.05, 3.63) is 0 Å². The van der Waals surface area contributed by atoms with Crippen LogP contribution in [0.15, 0.2) is 0 Å². The molecule has 1 unspecified atom stereocenters. The van der Waals surface area contributed by atoms with Gasteiger partial charge in [-0.1, -0.05) is 45.7 Å². The minimum absolute atomic E-state index is 0.133.